The van der Waals surface area contributed by atoms with Crippen LogP contribution in [-0.2, 0) is 0 Å². The van der Waals surface area contributed by atoms with E-state index in [9.17, 15) is 0 Å². The molecule has 0 amide bonds. The Morgan fingerprint density at radius 2 is 2.38 bits per heavy atom. The smallest absolute Gasteiger partial charge is 0.0822 e. The van der Waals surface area contributed by atoms with Gasteiger partial charge in [0.15, 0.2) is 0 Å². The summed E-state index contributed by atoms with van der Waals surface area (Å²) in [5.41, 5.74) is 0. The van der Waals surface area contributed by atoms with Gasteiger partial charge in [-0.1, -0.05) is 6.92 Å². The van der Waals surface area contributed by atoms with E-state index in [1.165, 1.54) is 0 Å². The first-order valence-corrected chi connectivity index (χ1v) is 2.98. The monoisotopic (exact) mass is 114 g/mol. The second kappa shape index (κ2) is 4.62. The summed E-state index contributed by atoms with van der Waals surface area (Å²) in [5, 5.41) is 3.09. The number of nitrogens with one attached hydrogen (secondary N) is 1. The summed E-state index contributed by atoms with van der Waals surface area (Å²) in [6.07, 6.45) is 2.88. The fourth-order valence-electron chi connectivity index (χ4n) is 0.320. The van der Waals surface area contributed by atoms with Crippen molar-refractivity contribution in [2.24, 2.45) is 4.99 Å². The van der Waals surface area contributed by atoms with Gasteiger partial charge in [0.05, 0.1) is 6.34 Å². The van der Waals surface area contributed by atoms with Crippen LogP contribution in [0.2, 0.25) is 0 Å². The Kier molecular flexibility index (Phi) is 4.32. The molecule has 1 atom stereocenters. The van der Waals surface area contributed by atoms with Crippen LogP contribution in [0.4, 0.5) is 0 Å². The van der Waals surface area contributed by atoms with Crippen molar-refractivity contribution in [3.8, 4) is 0 Å². The predicted octanol–water partition coefficient (Wildman–Crippen LogP) is 1.03. The maximum atomic E-state index is 3.79. The van der Waals surface area contributed by atoms with E-state index in [0.717, 1.165) is 6.42 Å². The third-order valence-corrected chi connectivity index (χ3v) is 1.10. The SMILES string of the molecule is CCC(C)NC=NC. The zero-order valence-corrected chi connectivity index (χ0v) is 5.81. The second-order valence-corrected chi connectivity index (χ2v) is 1.86. The van der Waals surface area contributed by atoms with E-state index < -0.39 is 0 Å². The summed E-state index contributed by atoms with van der Waals surface area (Å²) in [6, 6.07) is 0.554. The van der Waals surface area contributed by atoms with Crippen molar-refractivity contribution in [1.82, 2.24) is 5.32 Å². The molecule has 0 bridgehead atoms. The van der Waals surface area contributed by atoms with Crippen molar-refractivity contribution in [2.45, 2.75) is 26.3 Å². The molecule has 0 aliphatic carbocycles. The quantitative estimate of drug-likeness (QED) is 0.430. The van der Waals surface area contributed by atoms with Gasteiger partial charge in [-0.15, -0.1) is 0 Å². The maximum absolute atomic E-state index is 3.79. The molecule has 0 saturated heterocycles. The number of nitrogens with zero attached hydrogens (tertiary/aromatic N) is 1. The normalized spacial score (nSPS) is 14.4. The van der Waals surface area contributed by atoms with E-state index in [2.05, 4.69) is 24.2 Å². The summed E-state index contributed by atoms with van der Waals surface area (Å²) >= 11 is 0. The Morgan fingerprint density at radius 1 is 1.75 bits per heavy atom. The van der Waals surface area contributed by atoms with Gasteiger partial charge in [-0.05, 0) is 13.3 Å². The van der Waals surface area contributed by atoms with Crippen LogP contribution in [0.5, 0.6) is 0 Å². The predicted molar refractivity (Wildman–Crippen MR) is 37.3 cm³/mol. The lowest BCUT2D eigenvalue weighted by molar-refractivity contribution is 0.649. The molecule has 0 rings (SSSR count). The molecule has 0 aromatic carbocycles. The van der Waals surface area contributed by atoms with Crippen LogP contribution >= 0.6 is 0 Å². The van der Waals surface area contributed by atoms with E-state index in [1.807, 2.05) is 0 Å². The van der Waals surface area contributed by atoms with Crippen LogP contribution in [0.1, 0.15) is 20.3 Å². The average molecular weight is 114 g/mol. The van der Waals surface area contributed by atoms with Gasteiger partial charge in [0.25, 0.3) is 0 Å². The zero-order chi connectivity index (χ0) is 6.41. The first kappa shape index (κ1) is 7.47. The highest BCUT2D eigenvalue weighted by Crippen LogP contribution is 1.83. The lowest BCUT2D eigenvalue weighted by atomic mass is 10.3. The minimum absolute atomic E-state index is 0.554. The highest BCUT2D eigenvalue weighted by molar-refractivity contribution is 5.54. The van der Waals surface area contributed by atoms with Crippen LogP contribution in [0.25, 0.3) is 0 Å². The first-order chi connectivity index (χ1) is 3.81. The number of hydrogen-bond acceptors (Lipinski definition) is 1. The molecular formula is C6H14N2. The van der Waals surface area contributed by atoms with E-state index in [1.54, 1.807) is 13.4 Å². The Balaban J connectivity index is 3.10. The summed E-state index contributed by atoms with van der Waals surface area (Å²) < 4.78 is 0. The highest BCUT2D eigenvalue weighted by atomic mass is 14.9. The molecule has 0 fully saturated rings. The van der Waals surface area contributed by atoms with E-state index >= 15 is 0 Å². The number of hydrogen-bond donors (Lipinski definition) is 1. The third-order valence-electron chi connectivity index (χ3n) is 1.10. The molecule has 0 aromatic rings. The molecule has 0 aliphatic rings. The average Bonchev–Trinajstić information content (AvgIpc) is 1.83. The van der Waals surface area contributed by atoms with Gasteiger partial charge < -0.3 is 5.32 Å². The van der Waals surface area contributed by atoms with Gasteiger partial charge in [0.1, 0.15) is 0 Å². The molecule has 48 valence electrons. The molecule has 0 saturated carbocycles. The fraction of sp³-hybridized carbons (Fsp3) is 0.833. The van der Waals surface area contributed by atoms with Crippen molar-refractivity contribution in [1.29, 1.82) is 0 Å². The summed E-state index contributed by atoms with van der Waals surface area (Å²) in [7, 11) is 1.76. The molecule has 0 heterocycles. The lowest BCUT2D eigenvalue weighted by Crippen LogP contribution is -2.22. The molecule has 8 heavy (non-hydrogen) atoms. The Bertz CT molecular complexity index is 68.9. The standard InChI is InChI=1S/C6H14N2/c1-4-6(2)8-5-7-3/h5-6H,4H2,1-3H3,(H,7,8). The summed E-state index contributed by atoms with van der Waals surface area (Å²) in [4.78, 5) is 3.79. The summed E-state index contributed by atoms with van der Waals surface area (Å²) in [5.74, 6) is 0. The van der Waals surface area contributed by atoms with E-state index in [4.69, 9.17) is 0 Å². The minimum atomic E-state index is 0.554. The van der Waals surface area contributed by atoms with Crippen LogP contribution in [0, 0.1) is 0 Å². The first-order valence-electron chi connectivity index (χ1n) is 2.98. The van der Waals surface area contributed by atoms with E-state index in [0.29, 0.717) is 6.04 Å². The van der Waals surface area contributed by atoms with Crippen molar-refractivity contribution in [2.75, 3.05) is 7.05 Å². The van der Waals surface area contributed by atoms with Gasteiger partial charge in [-0.25, -0.2) is 0 Å². The topological polar surface area (TPSA) is 24.4 Å². The van der Waals surface area contributed by atoms with Crippen molar-refractivity contribution < 1.29 is 0 Å². The number of aliphatic imine (C=N–C) groups is 1. The molecule has 2 nitrogen and oxygen atoms in total. The van der Waals surface area contributed by atoms with Gasteiger partial charge in [0.2, 0.25) is 0 Å². The largest absolute Gasteiger partial charge is 0.374 e. The van der Waals surface area contributed by atoms with Crippen LogP contribution < -0.4 is 5.32 Å². The van der Waals surface area contributed by atoms with Crippen molar-refractivity contribution in [3.63, 3.8) is 0 Å². The van der Waals surface area contributed by atoms with Crippen molar-refractivity contribution >= 4 is 6.34 Å². The maximum Gasteiger partial charge on any atom is 0.0822 e. The molecular weight excluding hydrogens is 100 g/mol. The zero-order valence-electron chi connectivity index (χ0n) is 5.81. The fourth-order valence-corrected chi connectivity index (χ4v) is 0.320. The van der Waals surface area contributed by atoms with Gasteiger partial charge in [0, 0.05) is 13.1 Å². The number of rotatable bonds is 3. The lowest BCUT2D eigenvalue weighted by Gasteiger charge is -2.05. The molecule has 0 aliphatic heterocycles. The van der Waals surface area contributed by atoms with Gasteiger partial charge in [-0.2, -0.15) is 0 Å². The highest BCUT2D eigenvalue weighted by Gasteiger charge is 1.89. The van der Waals surface area contributed by atoms with Crippen LogP contribution in [0.3, 0.4) is 0 Å². The Hall–Kier alpha value is -0.530. The molecule has 2 heteroatoms. The minimum Gasteiger partial charge on any atom is -0.374 e. The molecule has 1 N–H and O–H groups in total. The summed E-state index contributed by atoms with van der Waals surface area (Å²) in [6.45, 7) is 4.27. The molecule has 1 unspecified atom stereocenters. The van der Waals surface area contributed by atoms with Gasteiger partial charge >= 0.3 is 0 Å². The molecule has 0 radical (unpaired) electrons. The van der Waals surface area contributed by atoms with Crippen molar-refractivity contribution in [3.05, 3.63) is 0 Å². The van der Waals surface area contributed by atoms with Crippen LogP contribution in [-0.4, -0.2) is 19.4 Å². The molecule has 0 aromatic heterocycles. The Morgan fingerprint density at radius 3 is 2.75 bits per heavy atom. The van der Waals surface area contributed by atoms with Crippen LogP contribution in [0.15, 0.2) is 4.99 Å². The molecule has 0 spiro atoms. The third kappa shape index (κ3) is 3.65. The van der Waals surface area contributed by atoms with E-state index in [-0.39, 0.29) is 0 Å². The van der Waals surface area contributed by atoms with Gasteiger partial charge in [-0.3, -0.25) is 4.99 Å². The Labute approximate surface area is 51.0 Å². The second-order valence-electron chi connectivity index (χ2n) is 1.86.